The lowest BCUT2D eigenvalue weighted by molar-refractivity contribution is 0.0383. The summed E-state index contributed by atoms with van der Waals surface area (Å²) in [5, 5.41) is 6.03. The van der Waals surface area contributed by atoms with Crippen molar-refractivity contribution in [2.45, 2.75) is 25.7 Å². The number of likely N-dealkylation sites (tertiary alicyclic amines) is 1. The monoisotopic (exact) mass is 480 g/mol. The molecule has 0 bridgehead atoms. The molecule has 2 aliphatic heterocycles. The molecule has 8 nitrogen and oxygen atoms in total. The zero-order chi connectivity index (χ0) is 24.5. The first-order valence-electron chi connectivity index (χ1n) is 12.6. The Kier molecular flexibility index (Phi) is 8.97. The zero-order valence-electron chi connectivity index (χ0n) is 20.5. The van der Waals surface area contributed by atoms with Crippen molar-refractivity contribution in [1.29, 1.82) is 0 Å². The summed E-state index contributed by atoms with van der Waals surface area (Å²) in [6.07, 6.45) is 1.92. The molecule has 8 heteroatoms. The predicted octanol–water partition coefficient (Wildman–Crippen LogP) is 3.56. The van der Waals surface area contributed by atoms with E-state index in [1.54, 1.807) is 0 Å². The Morgan fingerprint density at radius 1 is 1.09 bits per heavy atom. The molecule has 0 saturated carbocycles. The summed E-state index contributed by atoms with van der Waals surface area (Å²) in [5.74, 6) is 0.936. The molecule has 2 fully saturated rings. The molecule has 188 valence electrons. The highest BCUT2D eigenvalue weighted by molar-refractivity contribution is 5.94. The number of ether oxygens (including phenoxy) is 2. The van der Waals surface area contributed by atoms with E-state index in [9.17, 15) is 9.59 Å². The summed E-state index contributed by atoms with van der Waals surface area (Å²) in [6.45, 7) is 8.69. The maximum Gasteiger partial charge on any atom is 0.321 e. The van der Waals surface area contributed by atoms with Crippen LogP contribution in [0, 0.1) is 0 Å². The number of hydrogen-bond acceptors (Lipinski definition) is 5. The Morgan fingerprint density at radius 2 is 1.89 bits per heavy atom. The summed E-state index contributed by atoms with van der Waals surface area (Å²) >= 11 is 0. The second-order valence-electron chi connectivity index (χ2n) is 9.01. The average Bonchev–Trinajstić information content (AvgIpc) is 2.90. The molecule has 1 atom stereocenters. The standard InChI is InChI=1S/C27H36N4O4/c1-2-35-25-10-8-24(9-11-25)29-27(33)31-13-4-7-23(20-31)21-5-3-6-22(19-21)26(32)28-12-14-30-15-17-34-18-16-30/h3,5-6,8-11,19,23H,2,4,7,12-18,20H2,1H3,(H,28,32)(H,29,33)/t23-/m0/s1. The molecule has 2 aliphatic rings. The van der Waals surface area contributed by atoms with Crippen LogP contribution in [0.2, 0.25) is 0 Å². The van der Waals surface area contributed by atoms with Gasteiger partial charge < -0.3 is 25.0 Å². The summed E-state index contributed by atoms with van der Waals surface area (Å²) in [5.41, 5.74) is 2.51. The average molecular weight is 481 g/mol. The van der Waals surface area contributed by atoms with Crippen LogP contribution >= 0.6 is 0 Å². The molecule has 0 aliphatic carbocycles. The van der Waals surface area contributed by atoms with Crippen molar-refractivity contribution in [2.24, 2.45) is 0 Å². The van der Waals surface area contributed by atoms with Crippen LogP contribution in [0.4, 0.5) is 10.5 Å². The minimum atomic E-state index is -0.101. The van der Waals surface area contributed by atoms with E-state index >= 15 is 0 Å². The van der Waals surface area contributed by atoms with Crippen LogP contribution < -0.4 is 15.4 Å². The number of urea groups is 1. The maximum atomic E-state index is 12.9. The molecule has 0 aromatic heterocycles. The number of benzene rings is 2. The second-order valence-corrected chi connectivity index (χ2v) is 9.01. The van der Waals surface area contributed by atoms with Gasteiger partial charge in [-0.3, -0.25) is 9.69 Å². The third-order valence-corrected chi connectivity index (χ3v) is 6.56. The van der Waals surface area contributed by atoms with Gasteiger partial charge in [0.15, 0.2) is 0 Å². The lowest BCUT2D eigenvalue weighted by Crippen LogP contribution is -2.41. The number of carbonyl (C=O) groups is 2. The fourth-order valence-electron chi connectivity index (χ4n) is 4.63. The van der Waals surface area contributed by atoms with Gasteiger partial charge in [0, 0.05) is 56.4 Å². The van der Waals surface area contributed by atoms with Gasteiger partial charge in [0.1, 0.15) is 5.75 Å². The summed E-state index contributed by atoms with van der Waals surface area (Å²) in [6, 6.07) is 15.1. The number of piperidine rings is 1. The van der Waals surface area contributed by atoms with Gasteiger partial charge in [-0.15, -0.1) is 0 Å². The van der Waals surface area contributed by atoms with Crippen molar-refractivity contribution < 1.29 is 19.1 Å². The number of nitrogens with zero attached hydrogens (tertiary/aromatic N) is 2. The van der Waals surface area contributed by atoms with E-state index < -0.39 is 0 Å². The van der Waals surface area contributed by atoms with Gasteiger partial charge in [-0.1, -0.05) is 12.1 Å². The molecule has 0 radical (unpaired) electrons. The number of anilines is 1. The SMILES string of the molecule is CCOc1ccc(NC(=O)N2CCC[C@H](c3cccc(C(=O)NCCN4CCOCC4)c3)C2)cc1. The third kappa shape index (κ3) is 7.19. The summed E-state index contributed by atoms with van der Waals surface area (Å²) < 4.78 is 10.8. The lowest BCUT2D eigenvalue weighted by Gasteiger charge is -2.33. The highest BCUT2D eigenvalue weighted by Gasteiger charge is 2.25. The minimum Gasteiger partial charge on any atom is -0.494 e. The molecule has 2 saturated heterocycles. The summed E-state index contributed by atoms with van der Waals surface area (Å²) in [4.78, 5) is 29.8. The number of nitrogens with one attached hydrogen (secondary N) is 2. The first kappa shape index (κ1) is 25.0. The summed E-state index contributed by atoms with van der Waals surface area (Å²) in [7, 11) is 0. The van der Waals surface area contributed by atoms with Crippen LogP contribution in [-0.4, -0.2) is 80.8 Å². The van der Waals surface area contributed by atoms with Crippen molar-refractivity contribution in [3.8, 4) is 5.75 Å². The fraction of sp³-hybridized carbons (Fsp3) is 0.481. The van der Waals surface area contributed by atoms with Crippen molar-refractivity contribution in [2.75, 3.05) is 64.4 Å². The molecule has 2 heterocycles. The predicted molar refractivity (Wildman–Crippen MR) is 136 cm³/mol. The van der Waals surface area contributed by atoms with E-state index in [0.717, 1.165) is 69.2 Å². The Labute approximate surface area is 207 Å². The molecule has 3 amide bonds. The molecular formula is C27H36N4O4. The highest BCUT2D eigenvalue weighted by atomic mass is 16.5. The van der Waals surface area contributed by atoms with Gasteiger partial charge in [0.2, 0.25) is 0 Å². The first-order chi connectivity index (χ1) is 17.1. The van der Waals surface area contributed by atoms with Gasteiger partial charge in [-0.05, 0) is 61.7 Å². The molecule has 0 unspecified atom stereocenters. The highest BCUT2D eigenvalue weighted by Crippen LogP contribution is 2.28. The Morgan fingerprint density at radius 3 is 2.66 bits per heavy atom. The van der Waals surface area contributed by atoms with Gasteiger partial charge in [0.25, 0.3) is 5.91 Å². The van der Waals surface area contributed by atoms with Crippen LogP contribution in [0.15, 0.2) is 48.5 Å². The van der Waals surface area contributed by atoms with Crippen molar-refractivity contribution in [1.82, 2.24) is 15.1 Å². The number of rotatable bonds is 8. The molecule has 35 heavy (non-hydrogen) atoms. The molecule has 0 spiro atoms. The molecule has 2 N–H and O–H groups in total. The minimum absolute atomic E-state index is 0.0546. The van der Waals surface area contributed by atoms with Gasteiger partial charge in [-0.2, -0.15) is 0 Å². The smallest absolute Gasteiger partial charge is 0.321 e. The maximum absolute atomic E-state index is 12.9. The number of amides is 3. The van der Waals surface area contributed by atoms with E-state index in [1.165, 1.54) is 0 Å². The molecule has 2 aromatic carbocycles. The quantitative estimate of drug-likeness (QED) is 0.604. The van der Waals surface area contributed by atoms with Gasteiger partial charge in [-0.25, -0.2) is 4.79 Å². The lowest BCUT2D eigenvalue weighted by atomic mass is 9.89. The van der Waals surface area contributed by atoms with Crippen molar-refractivity contribution in [3.05, 3.63) is 59.7 Å². The van der Waals surface area contributed by atoms with Crippen LogP contribution in [0.25, 0.3) is 0 Å². The molecule has 2 aromatic rings. The van der Waals surface area contributed by atoms with Crippen LogP contribution in [0.3, 0.4) is 0 Å². The van der Waals surface area contributed by atoms with E-state index in [2.05, 4.69) is 21.6 Å². The van der Waals surface area contributed by atoms with Gasteiger partial charge in [0.05, 0.1) is 19.8 Å². The topological polar surface area (TPSA) is 83.1 Å². The zero-order valence-corrected chi connectivity index (χ0v) is 20.5. The van der Waals surface area contributed by atoms with E-state index in [4.69, 9.17) is 9.47 Å². The normalized spacial score (nSPS) is 18.7. The number of morpholine rings is 1. The fourth-order valence-corrected chi connectivity index (χ4v) is 4.63. The molecule has 4 rings (SSSR count). The van der Waals surface area contributed by atoms with Crippen LogP contribution in [-0.2, 0) is 4.74 Å². The van der Waals surface area contributed by atoms with E-state index in [1.807, 2.05) is 54.3 Å². The largest absolute Gasteiger partial charge is 0.494 e. The van der Waals surface area contributed by atoms with E-state index in [0.29, 0.717) is 25.3 Å². The Balaban J connectivity index is 1.30. The van der Waals surface area contributed by atoms with Gasteiger partial charge >= 0.3 is 6.03 Å². The van der Waals surface area contributed by atoms with Crippen molar-refractivity contribution in [3.63, 3.8) is 0 Å². The molecular weight excluding hydrogens is 444 g/mol. The van der Waals surface area contributed by atoms with Crippen LogP contribution in [0.5, 0.6) is 5.75 Å². The number of carbonyl (C=O) groups excluding carboxylic acids is 2. The second kappa shape index (κ2) is 12.6. The Bertz CT molecular complexity index is 975. The van der Waals surface area contributed by atoms with Crippen LogP contribution in [0.1, 0.15) is 41.6 Å². The first-order valence-corrected chi connectivity index (χ1v) is 12.6. The van der Waals surface area contributed by atoms with E-state index in [-0.39, 0.29) is 17.9 Å². The Hall–Kier alpha value is -3.10. The number of hydrogen-bond donors (Lipinski definition) is 2. The third-order valence-electron chi connectivity index (χ3n) is 6.56. The van der Waals surface area contributed by atoms with Crippen molar-refractivity contribution >= 4 is 17.6 Å².